The van der Waals surface area contributed by atoms with E-state index in [-0.39, 0.29) is 22.2 Å². The molecule has 0 aromatic heterocycles. The molecule has 1 aliphatic heterocycles. The molecule has 1 fully saturated rings. The topological polar surface area (TPSA) is 36.9 Å². The second-order valence-electron chi connectivity index (χ2n) is 13.8. The molecule has 0 bridgehead atoms. The molecule has 48 heavy (non-hydrogen) atoms. The van der Waals surface area contributed by atoms with E-state index in [2.05, 4.69) is 177 Å². The summed E-state index contributed by atoms with van der Waals surface area (Å²) in [6, 6.07) is 43.5. The van der Waals surface area contributed by atoms with Crippen LogP contribution in [0.2, 0.25) is 22.2 Å². The number of benzene rings is 4. The van der Waals surface area contributed by atoms with Crippen LogP contribution in [0.5, 0.6) is 0 Å². The maximum absolute atomic E-state index is 8.31. The minimum atomic E-state index is -3.35. The van der Waals surface area contributed by atoms with Crippen LogP contribution >= 0.6 is 0 Å². The number of rotatable bonds is 12. The average molecular weight is 713 g/mol. The fourth-order valence-electron chi connectivity index (χ4n) is 7.16. The van der Waals surface area contributed by atoms with Gasteiger partial charge in [-0.25, -0.2) is 0 Å². The molecule has 1 aliphatic rings. The Morgan fingerprint density at radius 3 is 0.646 bits per heavy atom. The molecule has 0 aliphatic carbocycles. The molecule has 5 rings (SSSR count). The van der Waals surface area contributed by atoms with E-state index < -0.39 is 34.2 Å². The molecule has 256 valence electrons. The van der Waals surface area contributed by atoms with E-state index in [1.807, 2.05) is 0 Å². The van der Waals surface area contributed by atoms with Crippen LogP contribution in [0.3, 0.4) is 0 Å². The first-order chi connectivity index (χ1) is 23.2. The zero-order valence-corrected chi connectivity index (χ0v) is 34.3. The van der Waals surface area contributed by atoms with Crippen LogP contribution in [-0.2, 0) is 16.5 Å². The molecule has 1 heterocycles. The first kappa shape index (κ1) is 36.9. The third-order valence-corrected chi connectivity index (χ3v) is 32.0. The lowest BCUT2D eigenvalue weighted by atomic mass is 10.4. The molecular weight excluding hydrogens is 657 g/mol. The highest BCUT2D eigenvalue weighted by Gasteiger charge is 2.69. The summed E-state index contributed by atoms with van der Waals surface area (Å²) in [4.78, 5) is 0. The molecule has 0 spiro atoms. The highest BCUT2D eigenvalue weighted by molar-refractivity contribution is 7.07. The maximum Gasteiger partial charge on any atom is 0.358 e. The third-order valence-electron chi connectivity index (χ3n) is 11.0. The van der Waals surface area contributed by atoms with E-state index in [1.165, 1.54) is 0 Å². The summed E-state index contributed by atoms with van der Waals surface area (Å²) in [7, 11) is -13.4. The largest absolute Gasteiger partial charge is 0.408 e. The summed E-state index contributed by atoms with van der Waals surface area (Å²) in [5.74, 6) is 0. The maximum atomic E-state index is 8.31. The summed E-state index contributed by atoms with van der Waals surface area (Å²) in [6.07, 6.45) is 3.70. The number of hydrogen-bond donors (Lipinski definition) is 0. The third kappa shape index (κ3) is 6.58. The van der Waals surface area contributed by atoms with Crippen molar-refractivity contribution in [1.29, 1.82) is 0 Å². The van der Waals surface area contributed by atoms with Gasteiger partial charge in [-0.3, -0.25) is 0 Å². The summed E-state index contributed by atoms with van der Waals surface area (Å²) >= 11 is 0. The van der Waals surface area contributed by atoms with Crippen molar-refractivity contribution in [2.24, 2.45) is 0 Å². The molecule has 0 radical (unpaired) electrons. The van der Waals surface area contributed by atoms with E-state index in [0.717, 1.165) is 46.4 Å². The zero-order valence-electron chi connectivity index (χ0n) is 30.3. The van der Waals surface area contributed by atoms with Crippen molar-refractivity contribution >= 4 is 55.0 Å². The van der Waals surface area contributed by atoms with Gasteiger partial charge in [0.15, 0.2) is 0 Å². The van der Waals surface area contributed by atoms with Gasteiger partial charge in [-0.15, -0.1) is 0 Å². The van der Waals surface area contributed by atoms with E-state index in [0.29, 0.717) is 0 Å². The smallest absolute Gasteiger partial charge is 0.358 e. The second-order valence-corrected chi connectivity index (χ2v) is 28.6. The van der Waals surface area contributed by atoms with Gasteiger partial charge >= 0.3 is 34.2 Å². The predicted molar refractivity (Wildman–Crippen MR) is 211 cm³/mol. The minimum Gasteiger partial charge on any atom is -0.408 e. The van der Waals surface area contributed by atoms with Crippen LogP contribution in [0.4, 0.5) is 0 Å². The van der Waals surface area contributed by atoms with Gasteiger partial charge in [-0.05, 0) is 20.7 Å². The summed E-state index contributed by atoms with van der Waals surface area (Å²) < 4.78 is 33.2. The fourth-order valence-corrected chi connectivity index (χ4v) is 33.8. The van der Waals surface area contributed by atoms with E-state index >= 15 is 0 Å². The van der Waals surface area contributed by atoms with Gasteiger partial charge in [0, 0.05) is 22.2 Å². The van der Waals surface area contributed by atoms with Crippen molar-refractivity contribution < 1.29 is 16.5 Å². The van der Waals surface area contributed by atoms with E-state index in [9.17, 15) is 0 Å². The van der Waals surface area contributed by atoms with Crippen molar-refractivity contribution in [3.8, 4) is 0 Å². The SMILES string of the molecule is CC[C@@H](C)[Si]1(c2ccccc2)O[Si](c2ccccc2)([C@H](C)CC)O[Si](c2ccccc2)([C@H](C)CC)O[Si](c2ccccc2)([C@H](C)CC)O1. The second kappa shape index (κ2) is 15.6. The molecule has 8 heteroatoms. The Labute approximate surface area is 294 Å². The minimum absolute atomic E-state index is 0.140. The van der Waals surface area contributed by atoms with Crippen LogP contribution < -0.4 is 20.7 Å². The van der Waals surface area contributed by atoms with Crippen LogP contribution in [0.15, 0.2) is 121 Å². The summed E-state index contributed by atoms with van der Waals surface area (Å²) in [5.41, 5.74) is 0.559. The van der Waals surface area contributed by atoms with E-state index in [1.54, 1.807) is 0 Å². The van der Waals surface area contributed by atoms with Crippen LogP contribution in [0.25, 0.3) is 0 Å². The van der Waals surface area contributed by atoms with Crippen molar-refractivity contribution in [3.63, 3.8) is 0 Å². The lowest BCUT2D eigenvalue weighted by Gasteiger charge is -2.58. The zero-order chi connectivity index (χ0) is 34.4. The Bertz CT molecular complexity index is 1310. The molecule has 0 N–H and O–H groups in total. The molecule has 4 nitrogen and oxygen atoms in total. The Hall–Kier alpha value is -2.41. The predicted octanol–water partition coefficient (Wildman–Crippen LogP) is 8.66. The lowest BCUT2D eigenvalue weighted by molar-refractivity contribution is 0.214. The van der Waals surface area contributed by atoms with Gasteiger partial charge in [-0.2, -0.15) is 0 Å². The van der Waals surface area contributed by atoms with E-state index in [4.69, 9.17) is 16.5 Å². The highest BCUT2D eigenvalue weighted by Crippen LogP contribution is 2.47. The molecule has 0 unspecified atom stereocenters. The van der Waals surface area contributed by atoms with Gasteiger partial charge < -0.3 is 16.5 Å². The molecule has 4 atom stereocenters. The van der Waals surface area contributed by atoms with Gasteiger partial charge in [0.2, 0.25) is 0 Å². The van der Waals surface area contributed by atoms with Crippen LogP contribution in [-0.4, -0.2) is 34.2 Å². The standard InChI is InChI=1S/C40H56O4Si4/c1-9-33(5)45(37-25-17-13-18-26-37)41-46(34(6)10-2,38-27-19-14-20-28-38)43-48(36(8)12-4,40-31-23-16-24-32-40)44-47(42-45,35(7)11-3)39-29-21-15-22-30-39/h13-36H,9-12H2,1-8H3/t33-,34-,35-,36-,45?,46?,47?,48?/m1/s1. The fraction of sp³-hybridized carbons (Fsp3) is 0.400. The molecule has 1 saturated heterocycles. The summed E-state index contributed by atoms with van der Waals surface area (Å²) in [6.45, 7) is 18.5. The average Bonchev–Trinajstić information content (AvgIpc) is 3.15. The van der Waals surface area contributed by atoms with Gasteiger partial charge in [0.05, 0.1) is 0 Å². The monoisotopic (exact) mass is 712 g/mol. The normalized spacial score (nSPS) is 28.8. The van der Waals surface area contributed by atoms with Crippen LogP contribution in [0, 0.1) is 0 Å². The first-order valence-corrected chi connectivity index (χ1v) is 25.8. The Morgan fingerprint density at radius 2 is 0.500 bits per heavy atom. The van der Waals surface area contributed by atoms with Crippen LogP contribution in [0.1, 0.15) is 81.1 Å². The van der Waals surface area contributed by atoms with Crippen molar-refractivity contribution in [2.75, 3.05) is 0 Å². The van der Waals surface area contributed by atoms with Gasteiger partial charge in [0.1, 0.15) is 0 Å². The lowest BCUT2D eigenvalue weighted by Crippen LogP contribution is -2.82. The first-order valence-electron chi connectivity index (χ1n) is 18.2. The van der Waals surface area contributed by atoms with Crippen molar-refractivity contribution in [1.82, 2.24) is 0 Å². The quantitative estimate of drug-likeness (QED) is 0.138. The highest BCUT2D eigenvalue weighted by atomic mass is 28.5. The van der Waals surface area contributed by atoms with Crippen molar-refractivity contribution in [3.05, 3.63) is 121 Å². The number of hydrogen-bond acceptors (Lipinski definition) is 4. The Kier molecular flexibility index (Phi) is 12.0. The molecule has 4 aromatic rings. The molecular formula is C40H56O4Si4. The molecule has 4 aromatic carbocycles. The molecule has 0 saturated carbocycles. The molecule has 0 amide bonds. The Balaban J connectivity index is 1.99. The Morgan fingerprint density at radius 1 is 0.333 bits per heavy atom. The van der Waals surface area contributed by atoms with Gasteiger partial charge in [-0.1, -0.05) is 202 Å². The summed E-state index contributed by atoms with van der Waals surface area (Å²) in [5, 5.41) is 4.65. The van der Waals surface area contributed by atoms with Gasteiger partial charge in [0.25, 0.3) is 0 Å². The van der Waals surface area contributed by atoms with Crippen molar-refractivity contribution in [2.45, 2.75) is 103 Å².